The SMILES string of the molecule is CN=C(NCCc1ccc(S(N)(=O)=O)cc1)NCC1Cc2ccccc2O1. The number of nitrogens with two attached hydrogens (primary N) is 1. The van der Waals surface area contributed by atoms with Crippen LogP contribution in [0.15, 0.2) is 58.4 Å². The van der Waals surface area contributed by atoms with Gasteiger partial charge in [-0.25, -0.2) is 13.6 Å². The molecule has 1 heterocycles. The monoisotopic (exact) mass is 388 g/mol. The summed E-state index contributed by atoms with van der Waals surface area (Å²) in [4.78, 5) is 4.34. The van der Waals surface area contributed by atoms with Crippen LogP contribution in [0, 0.1) is 0 Å². The Morgan fingerprint density at radius 3 is 2.59 bits per heavy atom. The molecule has 0 spiro atoms. The van der Waals surface area contributed by atoms with E-state index >= 15 is 0 Å². The number of hydrogen-bond donors (Lipinski definition) is 3. The standard InChI is InChI=1S/C19H24N4O3S/c1-21-19(23-13-16-12-15-4-2-3-5-18(15)26-16)22-11-10-14-6-8-17(9-7-14)27(20,24)25/h2-9,16H,10-13H2,1H3,(H2,20,24,25)(H2,21,22,23). The summed E-state index contributed by atoms with van der Waals surface area (Å²) in [6.07, 6.45) is 1.71. The van der Waals surface area contributed by atoms with E-state index in [2.05, 4.69) is 21.7 Å². The van der Waals surface area contributed by atoms with Crippen LogP contribution in [0.4, 0.5) is 0 Å². The Labute approximate surface area is 159 Å². The highest BCUT2D eigenvalue weighted by Gasteiger charge is 2.22. The Bertz CT molecular complexity index is 886. The molecule has 2 aromatic rings. The number of nitrogens with one attached hydrogen (secondary N) is 2. The molecular formula is C19H24N4O3S. The molecule has 7 nitrogen and oxygen atoms in total. The molecule has 1 aliphatic heterocycles. The number of primary sulfonamides is 1. The topological polar surface area (TPSA) is 106 Å². The summed E-state index contributed by atoms with van der Waals surface area (Å²) in [5.74, 6) is 1.66. The molecule has 0 fully saturated rings. The molecule has 2 aromatic carbocycles. The minimum atomic E-state index is -3.65. The summed E-state index contributed by atoms with van der Waals surface area (Å²) in [7, 11) is -1.93. The third-order valence-corrected chi connectivity index (χ3v) is 5.32. The van der Waals surface area contributed by atoms with Crippen molar-refractivity contribution in [2.24, 2.45) is 10.1 Å². The van der Waals surface area contributed by atoms with Crippen LogP contribution in [0.25, 0.3) is 0 Å². The predicted octanol–water partition coefficient (Wildman–Crippen LogP) is 1.05. The smallest absolute Gasteiger partial charge is 0.238 e. The number of fused-ring (bicyclic) bond motifs is 1. The van der Waals surface area contributed by atoms with Crippen molar-refractivity contribution in [1.29, 1.82) is 0 Å². The summed E-state index contributed by atoms with van der Waals surface area (Å²) in [5, 5.41) is 11.6. The second-order valence-electron chi connectivity index (χ2n) is 6.37. The third kappa shape index (κ3) is 5.21. The van der Waals surface area contributed by atoms with Crippen LogP contribution in [-0.4, -0.2) is 40.6 Å². The highest BCUT2D eigenvalue weighted by atomic mass is 32.2. The summed E-state index contributed by atoms with van der Waals surface area (Å²) in [5.41, 5.74) is 2.25. The third-order valence-electron chi connectivity index (χ3n) is 4.39. The maximum Gasteiger partial charge on any atom is 0.238 e. The number of guanidine groups is 1. The minimum Gasteiger partial charge on any atom is -0.488 e. The van der Waals surface area contributed by atoms with Gasteiger partial charge in [-0.2, -0.15) is 0 Å². The molecule has 1 atom stereocenters. The highest BCUT2D eigenvalue weighted by molar-refractivity contribution is 7.89. The zero-order chi connectivity index (χ0) is 19.3. The molecule has 0 saturated heterocycles. The molecule has 0 bridgehead atoms. The van der Waals surface area contributed by atoms with Crippen LogP contribution in [0.3, 0.4) is 0 Å². The number of aliphatic imine (C=N–C) groups is 1. The molecule has 0 amide bonds. The number of hydrogen-bond acceptors (Lipinski definition) is 4. The van der Waals surface area contributed by atoms with Crippen LogP contribution in [0.2, 0.25) is 0 Å². The first-order valence-electron chi connectivity index (χ1n) is 8.76. The van der Waals surface area contributed by atoms with Gasteiger partial charge in [0, 0.05) is 20.0 Å². The second-order valence-corrected chi connectivity index (χ2v) is 7.93. The second kappa shape index (κ2) is 8.41. The van der Waals surface area contributed by atoms with Gasteiger partial charge in [0.1, 0.15) is 11.9 Å². The lowest BCUT2D eigenvalue weighted by atomic mass is 10.1. The molecule has 0 saturated carbocycles. The average Bonchev–Trinajstić information content (AvgIpc) is 3.07. The molecule has 0 aliphatic carbocycles. The molecular weight excluding hydrogens is 364 g/mol. The van der Waals surface area contributed by atoms with Crippen LogP contribution in [0.1, 0.15) is 11.1 Å². The maximum absolute atomic E-state index is 11.3. The molecule has 0 radical (unpaired) electrons. The lowest BCUT2D eigenvalue weighted by Crippen LogP contribution is -2.42. The zero-order valence-electron chi connectivity index (χ0n) is 15.2. The van der Waals surface area contributed by atoms with Crippen molar-refractivity contribution in [3.63, 3.8) is 0 Å². The van der Waals surface area contributed by atoms with E-state index in [9.17, 15) is 8.42 Å². The van der Waals surface area contributed by atoms with Gasteiger partial charge in [0.25, 0.3) is 0 Å². The van der Waals surface area contributed by atoms with Gasteiger partial charge >= 0.3 is 0 Å². The number of para-hydroxylation sites is 1. The van der Waals surface area contributed by atoms with E-state index in [0.29, 0.717) is 19.0 Å². The molecule has 27 heavy (non-hydrogen) atoms. The first-order valence-corrected chi connectivity index (χ1v) is 10.3. The van der Waals surface area contributed by atoms with Gasteiger partial charge in [0.2, 0.25) is 10.0 Å². The van der Waals surface area contributed by atoms with Gasteiger partial charge in [-0.3, -0.25) is 4.99 Å². The molecule has 4 N–H and O–H groups in total. The van der Waals surface area contributed by atoms with E-state index in [1.165, 1.54) is 17.7 Å². The minimum absolute atomic E-state index is 0.0895. The van der Waals surface area contributed by atoms with E-state index in [1.54, 1.807) is 19.2 Å². The fourth-order valence-electron chi connectivity index (χ4n) is 2.97. The lowest BCUT2D eigenvalue weighted by molar-refractivity contribution is 0.235. The fraction of sp³-hybridized carbons (Fsp3) is 0.316. The molecule has 1 aliphatic rings. The van der Waals surface area contributed by atoms with Crippen molar-refractivity contribution in [2.75, 3.05) is 20.1 Å². The number of ether oxygens (including phenoxy) is 1. The normalized spacial score (nSPS) is 16.5. The van der Waals surface area contributed by atoms with Crippen LogP contribution >= 0.6 is 0 Å². The van der Waals surface area contributed by atoms with Crippen molar-refractivity contribution >= 4 is 16.0 Å². The van der Waals surface area contributed by atoms with Gasteiger partial charge in [0.15, 0.2) is 5.96 Å². The van der Waals surface area contributed by atoms with Crippen molar-refractivity contribution in [3.05, 3.63) is 59.7 Å². The number of sulfonamides is 1. The van der Waals surface area contributed by atoms with Crippen molar-refractivity contribution in [2.45, 2.75) is 23.8 Å². The van der Waals surface area contributed by atoms with Crippen LogP contribution in [0.5, 0.6) is 5.75 Å². The Morgan fingerprint density at radius 2 is 1.93 bits per heavy atom. The summed E-state index contributed by atoms with van der Waals surface area (Å²) in [6, 6.07) is 14.6. The van der Waals surface area contributed by atoms with Gasteiger partial charge in [-0.15, -0.1) is 0 Å². The number of benzene rings is 2. The number of nitrogens with zero attached hydrogens (tertiary/aromatic N) is 1. The van der Waals surface area contributed by atoms with Crippen molar-refractivity contribution in [3.8, 4) is 5.75 Å². The Balaban J connectivity index is 1.42. The Hall–Kier alpha value is -2.58. The van der Waals surface area contributed by atoms with Crippen molar-refractivity contribution in [1.82, 2.24) is 10.6 Å². The summed E-state index contributed by atoms with van der Waals surface area (Å²) in [6.45, 7) is 1.33. The van der Waals surface area contributed by atoms with E-state index in [1.807, 2.05) is 18.2 Å². The molecule has 0 aromatic heterocycles. The van der Waals surface area contributed by atoms with Gasteiger partial charge < -0.3 is 15.4 Å². The van der Waals surface area contributed by atoms with Crippen LogP contribution < -0.4 is 20.5 Å². The summed E-state index contributed by atoms with van der Waals surface area (Å²) < 4.78 is 28.5. The molecule has 8 heteroatoms. The fourth-order valence-corrected chi connectivity index (χ4v) is 3.49. The number of rotatable bonds is 6. The lowest BCUT2D eigenvalue weighted by Gasteiger charge is -2.15. The quantitative estimate of drug-likeness (QED) is 0.507. The van der Waals surface area contributed by atoms with Crippen LogP contribution in [-0.2, 0) is 22.9 Å². The molecule has 3 rings (SSSR count). The first-order chi connectivity index (χ1) is 13.0. The largest absolute Gasteiger partial charge is 0.488 e. The van der Waals surface area contributed by atoms with E-state index < -0.39 is 10.0 Å². The molecule has 144 valence electrons. The van der Waals surface area contributed by atoms with Gasteiger partial charge in [-0.1, -0.05) is 30.3 Å². The van der Waals surface area contributed by atoms with E-state index in [-0.39, 0.29) is 11.0 Å². The zero-order valence-corrected chi connectivity index (χ0v) is 16.0. The van der Waals surface area contributed by atoms with E-state index in [0.717, 1.165) is 24.2 Å². The highest BCUT2D eigenvalue weighted by Crippen LogP contribution is 2.27. The predicted molar refractivity (Wildman–Crippen MR) is 105 cm³/mol. The van der Waals surface area contributed by atoms with Gasteiger partial charge in [-0.05, 0) is 35.7 Å². The van der Waals surface area contributed by atoms with Gasteiger partial charge in [0.05, 0.1) is 11.4 Å². The van der Waals surface area contributed by atoms with E-state index in [4.69, 9.17) is 9.88 Å². The summed E-state index contributed by atoms with van der Waals surface area (Å²) >= 11 is 0. The molecule has 1 unspecified atom stereocenters. The Morgan fingerprint density at radius 1 is 1.19 bits per heavy atom. The van der Waals surface area contributed by atoms with Crippen molar-refractivity contribution < 1.29 is 13.2 Å². The average molecular weight is 388 g/mol. The first kappa shape index (κ1) is 19.2. The maximum atomic E-state index is 11.3. The Kier molecular flexibility index (Phi) is 5.98.